The summed E-state index contributed by atoms with van der Waals surface area (Å²) in [5.74, 6) is 2.82. The van der Waals surface area contributed by atoms with Crippen LogP contribution in [0.2, 0.25) is 0 Å². The first kappa shape index (κ1) is 17.8. The largest absolute Gasteiger partial charge is 0.461 e. The average Bonchev–Trinajstić information content (AvgIpc) is 3.19. The van der Waals surface area contributed by atoms with Gasteiger partial charge in [-0.15, -0.1) is 6.58 Å². The van der Waals surface area contributed by atoms with Crippen molar-refractivity contribution in [1.29, 1.82) is 5.26 Å². The Morgan fingerprint density at radius 3 is 2.69 bits per heavy atom. The number of benzene rings is 1. The Hall–Kier alpha value is -3.06. The van der Waals surface area contributed by atoms with Crippen LogP contribution >= 0.6 is 0 Å². The molecule has 1 fully saturated rings. The Kier molecular flexibility index (Phi) is 5.38. The van der Waals surface area contributed by atoms with Gasteiger partial charge < -0.3 is 9.32 Å². The van der Waals surface area contributed by atoms with Gasteiger partial charge in [-0.3, -0.25) is 4.79 Å². The number of nitriles is 1. The van der Waals surface area contributed by atoms with Gasteiger partial charge in [0.1, 0.15) is 11.5 Å². The van der Waals surface area contributed by atoms with Crippen molar-refractivity contribution >= 4 is 12.0 Å². The predicted octanol–water partition coefficient (Wildman–Crippen LogP) is 4.50. The van der Waals surface area contributed by atoms with Gasteiger partial charge in [-0.2, -0.15) is 5.26 Å². The number of hydrogen-bond acceptors (Lipinski definition) is 3. The molecule has 2 unspecified atom stereocenters. The summed E-state index contributed by atoms with van der Waals surface area (Å²) in [6.45, 7) is 6.85. The molecule has 0 bridgehead atoms. The SMILES string of the molecule is C=CCN(Cc1ccc(C#N)cc1)C(=O)/C=C/c1ccc(C2CC2C)o1. The molecule has 1 saturated carbocycles. The fraction of sp³-hybridized carbons (Fsp3) is 0.273. The first-order valence-corrected chi connectivity index (χ1v) is 8.77. The van der Waals surface area contributed by atoms with Crippen LogP contribution in [-0.2, 0) is 11.3 Å². The Morgan fingerprint density at radius 1 is 1.35 bits per heavy atom. The summed E-state index contributed by atoms with van der Waals surface area (Å²) in [6.07, 6.45) is 6.13. The van der Waals surface area contributed by atoms with Crippen molar-refractivity contribution in [3.8, 4) is 6.07 Å². The summed E-state index contributed by atoms with van der Waals surface area (Å²) in [4.78, 5) is 14.2. The lowest BCUT2D eigenvalue weighted by Gasteiger charge is -2.19. The number of furan rings is 1. The number of nitrogens with zero attached hydrogens (tertiary/aromatic N) is 2. The third-order valence-electron chi connectivity index (χ3n) is 4.63. The molecule has 3 rings (SSSR count). The monoisotopic (exact) mass is 346 g/mol. The molecular weight excluding hydrogens is 324 g/mol. The number of rotatable bonds is 7. The quantitative estimate of drug-likeness (QED) is 0.548. The van der Waals surface area contributed by atoms with Gasteiger partial charge in [0.25, 0.3) is 0 Å². The normalized spacial score (nSPS) is 18.5. The van der Waals surface area contributed by atoms with E-state index in [0.29, 0.717) is 36.2 Å². The van der Waals surface area contributed by atoms with Crippen molar-refractivity contribution in [3.63, 3.8) is 0 Å². The van der Waals surface area contributed by atoms with E-state index in [9.17, 15) is 4.79 Å². The molecule has 1 aromatic carbocycles. The molecule has 1 aromatic heterocycles. The summed E-state index contributed by atoms with van der Waals surface area (Å²) in [5.41, 5.74) is 1.57. The van der Waals surface area contributed by atoms with E-state index in [1.165, 1.54) is 12.5 Å². The van der Waals surface area contributed by atoms with E-state index in [1.807, 2.05) is 24.3 Å². The molecule has 1 aliphatic rings. The van der Waals surface area contributed by atoms with Crippen molar-refractivity contribution in [2.75, 3.05) is 6.54 Å². The van der Waals surface area contributed by atoms with Crippen LogP contribution in [0.25, 0.3) is 6.08 Å². The van der Waals surface area contributed by atoms with Crippen molar-refractivity contribution in [3.05, 3.63) is 77.8 Å². The highest BCUT2D eigenvalue weighted by molar-refractivity contribution is 5.91. The van der Waals surface area contributed by atoms with Crippen LogP contribution in [0.1, 0.15) is 41.9 Å². The van der Waals surface area contributed by atoms with Crippen LogP contribution in [-0.4, -0.2) is 17.4 Å². The van der Waals surface area contributed by atoms with Gasteiger partial charge in [-0.25, -0.2) is 0 Å². The minimum absolute atomic E-state index is 0.105. The number of amides is 1. The Labute approximate surface area is 154 Å². The first-order chi connectivity index (χ1) is 12.6. The lowest BCUT2D eigenvalue weighted by atomic mass is 10.1. The minimum Gasteiger partial charge on any atom is -0.461 e. The molecule has 0 N–H and O–H groups in total. The smallest absolute Gasteiger partial charge is 0.247 e. The van der Waals surface area contributed by atoms with Crippen LogP contribution in [0.4, 0.5) is 0 Å². The zero-order valence-corrected chi connectivity index (χ0v) is 14.9. The van der Waals surface area contributed by atoms with E-state index >= 15 is 0 Å². The molecule has 132 valence electrons. The van der Waals surface area contributed by atoms with E-state index in [4.69, 9.17) is 9.68 Å². The molecule has 2 atom stereocenters. The third-order valence-corrected chi connectivity index (χ3v) is 4.63. The predicted molar refractivity (Wildman–Crippen MR) is 101 cm³/mol. The molecule has 1 heterocycles. The van der Waals surface area contributed by atoms with Gasteiger partial charge in [0.2, 0.25) is 5.91 Å². The molecule has 4 nitrogen and oxygen atoms in total. The lowest BCUT2D eigenvalue weighted by Crippen LogP contribution is -2.29. The van der Waals surface area contributed by atoms with E-state index in [1.54, 1.807) is 29.2 Å². The third kappa shape index (κ3) is 4.31. The minimum atomic E-state index is -0.105. The Bertz CT molecular complexity index is 855. The lowest BCUT2D eigenvalue weighted by molar-refractivity contribution is -0.126. The summed E-state index contributed by atoms with van der Waals surface area (Å²) >= 11 is 0. The van der Waals surface area contributed by atoms with Gasteiger partial charge in [-0.1, -0.05) is 25.1 Å². The van der Waals surface area contributed by atoms with E-state index in [-0.39, 0.29) is 5.91 Å². The number of carbonyl (C=O) groups is 1. The fourth-order valence-corrected chi connectivity index (χ4v) is 2.93. The highest BCUT2D eigenvalue weighted by Crippen LogP contribution is 2.47. The fourth-order valence-electron chi connectivity index (χ4n) is 2.93. The molecule has 1 aliphatic carbocycles. The molecule has 1 amide bonds. The second kappa shape index (κ2) is 7.88. The first-order valence-electron chi connectivity index (χ1n) is 8.77. The van der Waals surface area contributed by atoms with E-state index in [2.05, 4.69) is 19.6 Å². The number of carbonyl (C=O) groups excluding carboxylic acids is 1. The van der Waals surface area contributed by atoms with Crippen LogP contribution < -0.4 is 0 Å². The Balaban J connectivity index is 1.64. The molecule has 4 heteroatoms. The van der Waals surface area contributed by atoms with Gasteiger partial charge in [-0.05, 0) is 48.2 Å². The van der Waals surface area contributed by atoms with Crippen molar-refractivity contribution in [1.82, 2.24) is 4.90 Å². The molecule has 0 saturated heterocycles. The molecule has 2 aromatic rings. The van der Waals surface area contributed by atoms with Crippen LogP contribution in [0.5, 0.6) is 0 Å². The summed E-state index contributed by atoms with van der Waals surface area (Å²) < 4.78 is 5.80. The van der Waals surface area contributed by atoms with E-state index in [0.717, 1.165) is 11.3 Å². The maximum Gasteiger partial charge on any atom is 0.247 e. The molecular formula is C22H22N2O2. The summed E-state index contributed by atoms with van der Waals surface area (Å²) in [5, 5.41) is 8.87. The second-order valence-corrected chi connectivity index (χ2v) is 6.71. The number of hydrogen-bond donors (Lipinski definition) is 0. The zero-order valence-electron chi connectivity index (χ0n) is 14.9. The summed E-state index contributed by atoms with van der Waals surface area (Å²) in [6, 6.07) is 13.2. The van der Waals surface area contributed by atoms with Crippen LogP contribution in [0.3, 0.4) is 0 Å². The highest BCUT2D eigenvalue weighted by Gasteiger charge is 2.36. The van der Waals surface area contributed by atoms with Gasteiger partial charge >= 0.3 is 0 Å². The molecule has 26 heavy (non-hydrogen) atoms. The maximum atomic E-state index is 12.5. The highest BCUT2D eigenvalue weighted by atomic mass is 16.3. The van der Waals surface area contributed by atoms with Crippen molar-refractivity contribution in [2.45, 2.75) is 25.8 Å². The van der Waals surface area contributed by atoms with E-state index < -0.39 is 0 Å². The van der Waals surface area contributed by atoms with Gasteiger partial charge in [0.15, 0.2) is 0 Å². The maximum absolute atomic E-state index is 12.5. The topological polar surface area (TPSA) is 57.2 Å². The average molecular weight is 346 g/mol. The molecule has 0 aliphatic heterocycles. The Morgan fingerprint density at radius 2 is 2.08 bits per heavy atom. The second-order valence-electron chi connectivity index (χ2n) is 6.71. The van der Waals surface area contributed by atoms with Crippen LogP contribution in [0, 0.1) is 17.2 Å². The van der Waals surface area contributed by atoms with Crippen molar-refractivity contribution < 1.29 is 9.21 Å². The van der Waals surface area contributed by atoms with Crippen LogP contribution in [0.15, 0.2) is 59.5 Å². The summed E-state index contributed by atoms with van der Waals surface area (Å²) in [7, 11) is 0. The molecule has 0 spiro atoms. The van der Waals surface area contributed by atoms with Gasteiger partial charge in [0.05, 0.1) is 11.6 Å². The van der Waals surface area contributed by atoms with Crippen molar-refractivity contribution in [2.24, 2.45) is 5.92 Å². The zero-order chi connectivity index (χ0) is 18.5. The van der Waals surface area contributed by atoms with Gasteiger partial charge in [0, 0.05) is 25.1 Å². The standard InChI is InChI=1S/C22H22N2O2/c1-3-12-24(15-18-6-4-17(14-23)5-7-18)22(25)11-9-19-8-10-21(26-19)20-13-16(20)2/h3-11,16,20H,1,12-13,15H2,2H3/b11-9+. The molecule has 0 radical (unpaired) electrons.